The molecule has 0 aliphatic carbocycles. The maximum Gasteiger partial charge on any atom is 0.416 e. The molecule has 206 valence electrons. The largest absolute Gasteiger partial charge is 0.474 e. The quantitative estimate of drug-likeness (QED) is 0.459. The molecular formula is C29H32F3N5O2. The summed E-state index contributed by atoms with van der Waals surface area (Å²) in [4.78, 5) is 25.8. The normalized spacial score (nSPS) is 17.7. The summed E-state index contributed by atoms with van der Waals surface area (Å²) in [5.41, 5.74) is 1.68. The maximum absolute atomic E-state index is 12.9. The summed E-state index contributed by atoms with van der Waals surface area (Å²) in [5, 5.41) is 3.12. The summed E-state index contributed by atoms with van der Waals surface area (Å²) in [7, 11) is 0. The lowest BCUT2D eigenvalue weighted by Crippen LogP contribution is -2.44. The second-order valence-corrected chi connectivity index (χ2v) is 10.1. The number of likely N-dealkylation sites (tertiary alicyclic amines) is 1. The SMILES string of the molecule is O=C(NC1CCN(Cc2ccncc2)CC1)c1cccc(OC2CCN(c3ccc(C(F)(F)F)cc3)CC2)n1. The summed E-state index contributed by atoms with van der Waals surface area (Å²) in [6.07, 6.45) is 2.37. The minimum Gasteiger partial charge on any atom is -0.474 e. The Morgan fingerprint density at radius 3 is 2.28 bits per heavy atom. The average molecular weight is 540 g/mol. The third-order valence-corrected chi connectivity index (χ3v) is 7.32. The lowest BCUT2D eigenvalue weighted by Gasteiger charge is -2.33. The minimum atomic E-state index is -4.34. The Labute approximate surface area is 226 Å². The van der Waals surface area contributed by atoms with E-state index in [2.05, 4.69) is 25.1 Å². The number of rotatable bonds is 7. The Kier molecular flexibility index (Phi) is 8.30. The first-order chi connectivity index (χ1) is 18.8. The van der Waals surface area contributed by atoms with Gasteiger partial charge < -0.3 is 15.0 Å². The number of hydrogen-bond donors (Lipinski definition) is 1. The van der Waals surface area contributed by atoms with Crippen LogP contribution in [0.5, 0.6) is 5.88 Å². The van der Waals surface area contributed by atoms with Crippen molar-refractivity contribution >= 4 is 11.6 Å². The number of hydrogen-bond acceptors (Lipinski definition) is 6. The smallest absolute Gasteiger partial charge is 0.416 e. The molecule has 7 nitrogen and oxygen atoms in total. The zero-order valence-electron chi connectivity index (χ0n) is 21.6. The molecule has 10 heteroatoms. The number of aromatic nitrogens is 2. The van der Waals surface area contributed by atoms with Crippen molar-refractivity contribution < 1.29 is 22.7 Å². The fraction of sp³-hybridized carbons (Fsp3) is 0.414. The number of ether oxygens (including phenoxy) is 1. The van der Waals surface area contributed by atoms with E-state index in [4.69, 9.17) is 4.74 Å². The van der Waals surface area contributed by atoms with Gasteiger partial charge in [0.1, 0.15) is 11.8 Å². The highest BCUT2D eigenvalue weighted by atomic mass is 19.4. The number of anilines is 1. The van der Waals surface area contributed by atoms with Gasteiger partial charge in [-0.2, -0.15) is 13.2 Å². The summed E-state index contributed by atoms with van der Waals surface area (Å²) < 4.78 is 44.6. The van der Waals surface area contributed by atoms with E-state index in [9.17, 15) is 18.0 Å². The van der Waals surface area contributed by atoms with Crippen LogP contribution in [0.25, 0.3) is 0 Å². The van der Waals surface area contributed by atoms with Gasteiger partial charge in [0.05, 0.1) is 5.56 Å². The van der Waals surface area contributed by atoms with Crippen LogP contribution in [0.4, 0.5) is 18.9 Å². The molecule has 5 rings (SSSR count). The van der Waals surface area contributed by atoms with Gasteiger partial charge >= 0.3 is 6.18 Å². The van der Waals surface area contributed by atoms with Gasteiger partial charge in [0.2, 0.25) is 5.88 Å². The van der Waals surface area contributed by atoms with Gasteiger partial charge in [-0.1, -0.05) is 6.07 Å². The molecule has 0 radical (unpaired) electrons. The summed E-state index contributed by atoms with van der Waals surface area (Å²) in [6.45, 7) is 4.03. The Balaban J connectivity index is 1.08. The van der Waals surface area contributed by atoms with Gasteiger partial charge in [0.25, 0.3) is 5.91 Å². The van der Waals surface area contributed by atoms with Crippen LogP contribution < -0.4 is 15.0 Å². The zero-order chi connectivity index (χ0) is 27.2. The molecule has 0 spiro atoms. The number of benzene rings is 1. The van der Waals surface area contributed by atoms with Gasteiger partial charge in [-0.25, -0.2) is 4.98 Å². The summed E-state index contributed by atoms with van der Waals surface area (Å²) >= 11 is 0. The number of nitrogens with zero attached hydrogens (tertiary/aromatic N) is 4. The van der Waals surface area contributed by atoms with Crippen molar-refractivity contribution in [3.8, 4) is 5.88 Å². The highest BCUT2D eigenvalue weighted by Gasteiger charge is 2.30. The zero-order valence-corrected chi connectivity index (χ0v) is 21.6. The van der Waals surface area contributed by atoms with E-state index in [1.807, 2.05) is 12.1 Å². The fourth-order valence-electron chi connectivity index (χ4n) is 5.11. The molecule has 0 unspecified atom stereocenters. The lowest BCUT2D eigenvalue weighted by molar-refractivity contribution is -0.137. The van der Waals surface area contributed by atoms with Crippen molar-refractivity contribution in [2.75, 3.05) is 31.1 Å². The second kappa shape index (κ2) is 12.0. The van der Waals surface area contributed by atoms with Crippen molar-refractivity contribution in [1.29, 1.82) is 0 Å². The molecule has 0 atom stereocenters. The number of nitrogens with one attached hydrogen (secondary N) is 1. The highest BCUT2D eigenvalue weighted by molar-refractivity contribution is 5.92. The minimum absolute atomic E-state index is 0.0776. The van der Waals surface area contributed by atoms with Gasteiger partial charge in [-0.05, 0) is 60.9 Å². The van der Waals surface area contributed by atoms with Crippen LogP contribution in [0.1, 0.15) is 47.3 Å². The predicted molar refractivity (Wildman–Crippen MR) is 142 cm³/mol. The number of piperidine rings is 2. The molecule has 3 aromatic rings. The molecule has 1 N–H and O–H groups in total. The number of halogens is 3. The van der Waals surface area contributed by atoms with Crippen LogP contribution in [0.15, 0.2) is 67.0 Å². The molecule has 1 amide bonds. The Bertz CT molecular complexity index is 1220. The molecule has 0 bridgehead atoms. The van der Waals surface area contributed by atoms with Crippen LogP contribution in [-0.4, -0.2) is 59.1 Å². The van der Waals surface area contributed by atoms with Crippen molar-refractivity contribution in [3.63, 3.8) is 0 Å². The van der Waals surface area contributed by atoms with Crippen molar-refractivity contribution in [2.45, 2.75) is 50.6 Å². The topological polar surface area (TPSA) is 70.6 Å². The molecule has 2 aliphatic rings. The van der Waals surface area contributed by atoms with E-state index in [1.54, 1.807) is 30.6 Å². The molecule has 2 aliphatic heterocycles. The van der Waals surface area contributed by atoms with Crippen LogP contribution in [0.2, 0.25) is 0 Å². The number of carbonyl (C=O) groups is 1. The van der Waals surface area contributed by atoms with Gasteiger partial charge in [-0.15, -0.1) is 0 Å². The van der Waals surface area contributed by atoms with E-state index < -0.39 is 11.7 Å². The van der Waals surface area contributed by atoms with Crippen molar-refractivity contribution in [3.05, 3.63) is 83.8 Å². The maximum atomic E-state index is 12.9. The molecule has 39 heavy (non-hydrogen) atoms. The van der Waals surface area contributed by atoms with Crippen molar-refractivity contribution in [2.24, 2.45) is 0 Å². The fourth-order valence-corrected chi connectivity index (χ4v) is 5.11. The molecule has 1 aromatic carbocycles. The first-order valence-corrected chi connectivity index (χ1v) is 13.3. The summed E-state index contributed by atoms with van der Waals surface area (Å²) in [6, 6.07) is 14.6. The van der Waals surface area contributed by atoms with E-state index in [1.165, 1.54) is 17.7 Å². The van der Waals surface area contributed by atoms with Crippen LogP contribution in [0, 0.1) is 0 Å². The van der Waals surface area contributed by atoms with E-state index in [-0.39, 0.29) is 18.1 Å². The molecule has 4 heterocycles. The van der Waals surface area contributed by atoms with Gasteiger partial charge in [0, 0.05) is 75.8 Å². The van der Waals surface area contributed by atoms with Crippen LogP contribution in [-0.2, 0) is 12.7 Å². The highest BCUT2D eigenvalue weighted by Crippen LogP contribution is 2.31. The molecule has 2 fully saturated rings. The first-order valence-electron chi connectivity index (χ1n) is 13.3. The first kappa shape index (κ1) is 26.9. The third-order valence-electron chi connectivity index (χ3n) is 7.32. The van der Waals surface area contributed by atoms with Crippen molar-refractivity contribution in [1.82, 2.24) is 20.2 Å². The molecule has 0 saturated carbocycles. The van der Waals surface area contributed by atoms with Crippen LogP contribution in [0.3, 0.4) is 0 Å². The average Bonchev–Trinajstić information content (AvgIpc) is 2.95. The van der Waals surface area contributed by atoms with Gasteiger partial charge in [-0.3, -0.25) is 14.7 Å². The number of alkyl halides is 3. The molecule has 2 aromatic heterocycles. The predicted octanol–water partition coefficient (Wildman–Crippen LogP) is 4.94. The lowest BCUT2D eigenvalue weighted by atomic mass is 10.0. The van der Waals surface area contributed by atoms with Crippen LogP contribution >= 0.6 is 0 Å². The third kappa shape index (κ3) is 7.26. The molecule has 2 saturated heterocycles. The number of amides is 1. The van der Waals surface area contributed by atoms with Gasteiger partial charge in [0.15, 0.2) is 0 Å². The van der Waals surface area contributed by atoms with E-state index >= 15 is 0 Å². The Morgan fingerprint density at radius 1 is 0.923 bits per heavy atom. The number of pyridine rings is 2. The van der Waals surface area contributed by atoms with E-state index in [0.717, 1.165) is 50.3 Å². The monoisotopic (exact) mass is 539 g/mol. The summed E-state index contributed by atoms with van der Waals surface area (Å²) in [5.74, 6) is 0.202. The second-order valence-electron chi connectivity index (χ2n) is 10.1. The number of carbonyl (C=O) groups excluding carboxylic acids is 1. The Hall–Kier alpha value is -3.66. The molecular weight excluding hydrogens is 507 g/mol. The standard InChI is InChI=1S/C29H32F3N5O2/c30-29(31,32)22-4-6-24(7-5-22)37-18-12-25(13-19-37)39-27-3-1-2-26(35-27)28(38)34-23-10-16-36(17-11-23)20-21-8-14-33-15-9-21/h1-9,14-15,23,25H,10-13,16-20H2,(H,34,38). The Morgan fingerprint density at radius 2 is 1.62 bits per heavy atom. The van der Waals surface area contributed by atoms with E-state index in [0.29, 0.717) is 37.5 Å².